The molecule has 3 nitrogen and oxygen atoms in total. The summed E-state index contributed by atoms with van der Waals surface area (Å²) in [4.78, 5) is 3.82. The number of rotatable bonds is 5. The van der Waals surface area contributed by atoms with Crippen molar-refractivity contribution >= 4 is 11.3 Å². The molecule has 2 N–H and O–H groups in total. The Hall–Kier alpha value is -0.420. The molecular formula is C13H22N2OS. The average molecular weight is 254 g/mol. The molecule has 2 heterocycles. The van der Waals surface area contributed by atoms with Crippen molar-refractivity contribution in [1.82, 2.24) is 4.90 Å². The van der Waals surface area contributed by atoms with E-state index in [4.69, 9.17) is 10.5 Å². The van der Waals surface area contributed by atoms with E-state index in [1.165, 1.54) is 4.88 Å². The Balaban J connectivity index is 1.92. The third-order valence-electron chi connectivity index (χ3n) is 3.60. The van der Waals surface area contributed by atoms with E-state index in [-0.39, 0.29) is 0 Å². The summed E-state index contributed by atoms with van der Waals surface area (Å²) in [5, 5.41) is 2.13. The number of thiophene rings is 1. The molecule has 1 fully saturated rings. The Morgan fingerprint density at radius 1 is 1.53 bits per heavy atom. The van der Waals surface area contributed by atoms with E-state index in [9.17, 15) is 0 Å². The van der Waals surface area contributed by atoms with Crippen LogP contribution in [0.1, 0.15) is 17.7 Å². The Bertz CT molecular complexity index is 309. The molecule has 17 heavy (non-hydrogen) atoms. The van der Waals surface area contributed by atoms with Crippen LogP contribution in [0, 0.1) is 5.92 Å². The SMILES string of the molecule is CN(Cc1cccs1)C(CN)C1CCOCC1. The summed E-state index contributed by atoms with van der Waals surface area (Å²) in [5.41, 5.74) is 5.95. The zero-order valence-corrected chi connectivity index (χ0v) is 11.3. The Morgan fingerprint density at radius 3 is 2.88 bits per heavy atom. The lowest BCUT2D eigenvalue weighted by Crippen LogP contribution is -2.44. The van der Waals surface area contributed by atoms with E-state index < -0.39 is 0 Å². The van der Waals surface area contributed by atoms with Gasteiger partial charge in [0.05, 0.1) is 0 Å². The maximum Gasteiger partial charge on any atom is 0.0469 e. The zero-order valence-electron chi connectivity index (χ0n) is 10.5. The summed E-state index contributed by atoms with van der Waals surface area (Å²) in [7, 11) is 2.19. The van der Waals surface area contributed by atoms with E-state index in [2.05, 4.69) is 29.5 Å². The number of ether oxygens (including phenoxy) is 1. The number of likely N-dealkylation sites (N-methyl/N-ethyl adjacent to an activating group) is 1. The summed E-state index contributed by atoms with van der Waals surface area (Å²) in [6.45, 7) is 3.55. The first-order valence-electron chi connectivity index (χ1n) is 6.31. The first kappa shape index (κ1) is 13.0. The third-order valence-corrected chi connectivity index (χ3v) is 4.46. The molecule has 2 rings (SSSR count). The molecule has 1 aromatic heterocycles. The Kier molecular flexibility index (Phi) is 4.98. The van der Waals surface area contributed by atoms with Gasteiger partial charge in [-0.15, -0.1) is 11.3 Å². The van der Waals surface area contributed by atoms with Gasteiger partial charge in [-0.1, -0.05) is 6.07 Å². The second kappa shape index (κ2) is 6.50. The van der Waals surface area contributed by atoms with Gasteiger partial charge < -0.3 is 10.5 Å². The molecule has 1 saturated heterocycles. The van der Waals surface area contributed by atoms with Crippen LogP contribution in [0.5, 0.6) is 0 Å². The minimum Gasteiger partial charge on any atom is -0.381 e. The van der Waals surface area contributed by atoms with Crippen LogP contribution in [0.3, 0.4) is 0 Å². The van der Waals surface area contributed by atoms with Crippen molar-refractivity contribution in [2.75, 3.05) is 26.8 Å². The standard InChI is InChI=1S/C13H22N2OS/c1-15(10-12-3-2-8-17-12)13(9-14)11-4-6-16-7-5-11/h2-3,8,11,13H,4-7,9-10,14H2,1H3. The molecule has 0 aliphatic carbocycles. The topological polar surface area (TPSA) is 38.5 Å². The fourth-order valence-corrected chi connectivity index (χ4v) is 3.37. The molecule has 1 aliphatic heterocycles. The second-order valence-electron chi connectivity index (χ2n) is 4.75. The highest BCUT2D eigenvalue weighted by Gasteiger charge is 2.26. The van der Waals surface area contributed by atoms with Crippen molar-refractivity contribution < 1.29 is 4.74 Å². The van der Waals surface area contributed by atoms with Crippen LogP contribution in [0.2, 0.25) is 0 Å². The summed E-state index contributed by atoms with van der Waals surface area (Å²) >= 11 is 1.82. The van der Waals surface area contributed by atoms with Crippen LogP contribution in [0.4, 0.5) is 0 Å². The van der Waals surface area contributed by atoms with Gasteiger partial charge in [0.1, 0.15) is 0 Å². The molecule has 1 unspecified atom stereocenters. The lowest BCUT2D eigenvalue weighted by atomic mass is 9.91. The molecule has 1 aromatic rings. The predicted molar refractivity (Wildman–Crippen MR) is 72.2 cm³/mol. The molecule has 0 saturated carbocycles. The van der Waals surface area contributed by atoms with Crippen LogP contribution < -0.4 is 5.73 Å². The van der Waals surface area contributed by atoms with E-state index in [1.54, 1.807) is 0 Å². The molecule has 0 aromatic carbocycles. The van der Waals surface area contributed by atoms with Gasteiger partial charge in [-0.25, -0.2) is 0 Å². The summed E-state index contributed by atoms with van der Waals surface area (Å²) in [5.74, 6) is 0.693. The predicted octanol–water partition coefficient (Wildman–Crippen LogP) is 1.93. The van der Waals surface area contributed by atoms with Gasteiger partial charge in [-0.3, -0.25) is 4.90 Å². The minimum absolute atomic E-state index is 0.487. The van der Waals surface area contributed by atoms with E-state index in [0.29, 0.717) is 12.0 Å². The number of nitrogens with two attached hydrogens (primary N) is 1. The molecule has 0 amide bonds. The van der Waals surface area contributed by atoms with Crippen molar-refractivity contribution in [3.63, 3.8) is 0 Å². The van der Waals surface area contributed by atoms with Gasteiger partial charge in [-0.05, 0) is 37.3 Å². The number of hydrogen-bond donors (Lipinski definition) is 1. The quantitative estimate of drug-likeness (QED) is 0.872. The van der Waals surface area contributed by atoms with Gasteiger partial charge in [0.15, 0.2) is 0 Å². The van der Waals surface area contributed by atoms with Crippen molar-refractivity contribution in [2.45, 2.75) is 25.4 Å². The normalized spacial score (nSPS) is 19.7. The van der Waals surface area contributed by atoms with Crippen LogP contribution in [-0.4, -0.2) is 37.7 Å². The lowest BCUT2D eigenvalue weighted by Gasteiger charge is -2.35. The van der Waals surface area contributed by atoms with E-state index >= 15 is 0 Å². The molecule has 1 atom stereocenters. The van der Waals surface area contributed by atoms with E-state index in [0.717, 1.165) is 39.1 Å². The van der Waals surface area contributed by atoms with Crippen LogP contribution in [0.25, 0.3) is 0 Å². The fourth-order valence-electron chi connectivity index (χ4n) is 2.60. The Morgan fingerprint density at radius 2 is 2.29 bits per heavy atom. The van der Waals surface area contributed by atoms with Crippen molar-refractivity contribution in [2.24, 2.45) is 11.7 Å². The lowest BCUT2D eigenvalue weighted by molar-refractivity contribution is 0.0323. The first-order valence-corrected chi connectivity index (χ1v) is 7.19. The van der Waals surface area contributed by atoms with Crippen LogP contribution in [0.15, 0.2) is 17.5 Å². The molecule has 0 spiro atoms. The second-order valence-corrected chi connectivity index (χ2v) is 5.78. The first-order chi connectivity index (χ1) is 8.31. The molecule has 0 bridgehead atoms. The minimum atomic E-state index is 0.487. The summed E-state index contributed by atoms with van der Waals surface area (Å²) in [6, 6.07) is 4.79. The number of hydrogen-bond acceptors (Lipinski definition) is 4. The molecule has 0 radical (unpaired) electrons. The molecule has 1 aliphatic rings. The van der Waals surface area contributed by atoms with Gasteiger partial charge in [-0.2, -0.15) is 0 Å². The molecular weight excluding hydrogens is 232 g/mol. The Labute approximate surface area is 108 Å². The van der Waals surface area contributed by atoms with E-state index in [1.807, 2.05) is 11.3 Å². The highest BCUT2D eigenvalue weighted by atomic mass is 32.1. The van der Waals surface area contributed by atoms with Gasteiger partial charge in [0, 0.05) is 37.2 Å². The monoisotopic (exact) mass is 254 g/mol. The van der Waals surface area contributed by atoms with Gasteiger partial charge in [0.2, 0.25) is 0 Å². The van der Waals surface area contributed by atoms with Crippen LogP contribution in [-0.2, 0) is 11.3 Å². The van der Waals surface area contributed by atoms with Gasteiger partial charge in [0.25, 0.3) is 0 Å². The highest BCUT2D eigenvalue weighted by Crippen LogP contribution is 2.23. The largest absolute Gasteiger partial charge is 0.381 e. The zero-order chi connectivity index (χ0) is 12.1. The van der Waals surface area contributed by atoms with Gasteiger partial charge >= 0.3 is 0 Å². The maximum absolute atomic E-state index is 5.95. The van der Waals surface area contributed by atoms with Crippen LogP contribution >= 0.6 is 11.3 Å². The summed E-state index contributed by atoms with van der Waals surface area (Å²) in [6.07, 6.45) is 2.30. The number of nitrogens with zero attached hydrogens (tertiary/aromatic N) is 1. The van der Waals surface area contributed by atoms with Crippen molar-refractivity contribution in [3.05, 3.63) is 22.4 Å². The smallest absolute Gasteiger partial charge is 0.0469 e. The molecule has 96 valence electrons. The van der Waals surface area contributed by atoms with Crippen molar-refractivity contribution in [1.29, 1.82) is 0 Å². The fraction of sp³-hybridized carbons (Fsp3) is 0.692. The molecule has 4 heteroatoms. The van der Waals surface area contributed by atoms with Crippen molar-refractivity contribution in [3.8, 4) is 0 Å². The third kappa shape index (κ3) is 3.52. The average Bonchev–Trinajstić information content (AvgIpc) is 2.84. The summed E-state index contributed by atoms with van der Waals surface area (Å²) < 4.78 is 5.42. The highest BCUT2D eigenvalue weighted by molar-refractivity contribution is 7.09. The maximum atomic E-state index is 5.95.